The number of hydrogen-bond donors (Lipinski definition) is 1. The number of carboxylic acids is 1. The van der Waals surface area contributed by atoms with Gasteiger partial charge in [0, 0.05) is 17.9 Å². The van der Waals surface area contributed by atoms with Crippen molar-refractivity contribution < 1.29 is 9.90 Å². The van der Waals surface area contributed by atoms with Gasteiger partial charge in [0.2, 0.25) is 0 Å². The van der Waals surface area contributed by atoms with Gasteiger partial charge in [0.05, 0.1) is 12.7 Å². The van der Waals surface area contributed by atoms with E-state index in [4.69, 9.17) is 5.11 Å². The second-order valence-corrected chi connectivity index (χ2v) is 4.15. The minimum atomic E-state index is -1.13. The van der Waals surface area contributed by atoms with Gasteiger partial charge in [-0.3, -0.25) is 4.57 Å². The number of aromatic nitrogens is 5. The smallest absolute Gasteiger partial charge is 0.358 e. The summed E-state index contributed by atoms with van der Waals surface area (Å²) in [7, 11) is 0. The van der Waals surface area contributed by atoms with E-state index >= 15 is 0 Å². The monoisotopic (exact) mass is 263 g/mol. The molecule has 0 aliphatic heterocycles. The van der Waals surface area contributed by atoms with Crippen LogP contribution in [0.4, 0.5) is 0 Å². The van der Waals surface area contributed by atoms with E-state index < -0.39 is 5.97 Å². The average molecular weight is 263 g/mol. The first-order valence-electron chi connectivity index (χ1n) is 5.66. The number of carboxylic acid groups (broad SMARTS) is 1. The summed E-state index contributed by atoms with van der Waals surface area (Å²) in [4.78, 5) is 26.2. The number of hydrogen-bond acceptors (Lipinski definition) is 5. The van der Waals surface area contributed by atoms with Gasteiger partial charge in [0.25, 0.3) is 0 Å². The van der Waals surface area contributed by atoms with E-state index in [1.807, 2.05) is 13.0 Å². The summed E-state index contributed by atoms with van der Waals surface area (Å²) in [6.07, 6.45) is 1.32. The number of nitrogens with zero attached hydrogens (tertiary/aromatic N) is 5. The van der Waals surface area contributed by atoms with Crippen molar-refractivity contribution in [2.24, 2.45) is 0 Å². The van der Waals surface area contributed by atoms with Gasteiger partial charge < -0.3 is 5.11 Å². The van der Waals surface area contributed by atoms with Gasteiger partial charge in [-0.2, -0.15) is 4.98 Å². The Morgan fingerprint density at radius 3 is 2.68 bits per heavy atom. The van der Waals surface area contributed by atoms with Crippen molar-refractivity contribution in [2.75, 3.05) is 0 Å². The van der Waals surface area contributed by atoms with Crippen LogP contribution in [0.25, 0.3) is 0 Å². The van der Waals surface area contributed by atoms with Crippen molar-refractivity contribution >= 4 is 5.97 Å². The zero-order chi connectivity index (χ0) is 14.0. The van der Waals surface area contributed by atoms with E-state index in [1.165, 1.54) is 15.4 Å². The molecule has 2 heterocycles. The molecule has 0 atom stereocenters. The predicted octanol–water partition coefficient (Wildman–Crippen LogP) is -0.150. The van der Waals surface area contributed by atoms with E-state index in [0.29, 0.717) is 18.8 Å². The Morgan fingerprint density at radius 2 is 2.11 bits per heavy atom. The van der Waals surface area contributed by atoms with Crippen LogP contribution in [0.2, 0.25) is 0 Å². The quantitative estimate of drug-likeness (QED) is 0.822. The fourth-order valence-corrected chi connectivity index (χ4v) is 1.75. The fraction of sp³-hybridized carbons (Fsp3) is 0.364. The first-order chi connectivity index (χ1) is 8.97. The van der Waals surface area contributed by atoms with Crippen LogP contribution < -0.4 is 5.69 Å². The molecule has 2 aromatic rings. The maximum Gasteiger partial charge on any atom is 0.358 e. The molecule has 100 valence electrons. The highest BCUT2D eigenvalue weighted by Gasteiger charge is 2.09. The van der Waals surface area contributed by atoms with Gasteiger partial charge in [0.15, 0.2) is 5.69 Å². The molecule has 2 rings (SSSR count). The summed E-state index contributed by atoms with van der Waals surface area (Å²) in [6.45, 7) is 4.29. The molecule has 1 N–H and O–H groups in total. The number of aromatic carboxylic acids is 1. The van der Waals surface area contributed by atoms with Crippen LogP contribution in [0, 0.1) is 13.8 Å². The van der Waals surface area contributed by atoms with Crippen LogP contribution >= 0.6 is 0 Å². The van der Waals surface area contributed by atoms with Crippen molar-refractivity contribution in [3.8, 4) is 0 Å². The number of aryl methyl sites for hydroxylation is 3. The van der Waals surface area contributed by atoms with Crippen molar-refractivity contribution in [2.45, 2.75) is 26.9 Å². The maximum absolute atomic E-state index is 11.7. The molecule has 0 aliphatic rings. The summed E-state index contributed by atoms with van der Waals surface area (Å²) in [5.41, 5.74) is 1.03. The maximum atomic E-state index is 11.7. The first kappa shape index (κ1) is 12.9. The zero-order valence-corrected chi connectivity index (χ0v) is 10.6. The zero-order valence-electron chi connectivity index (χ0n) is 10.6. The molecule has 0 saturated carbocycles. The highest BCUT2D eigenvalue weighted by Crippen LogP contribution is 1.98. The first-order valence-corrected chi connectivity index (χ1v) is 5.66. The molecule has 0 fully saturated rings. The lowest BCUT2D eigenvalue weighted by Crippen LogP contribution is -2.27. The molecule has 0 radical (unpaired) electrons. The van der Waals surface area contributed by atoms with Gasteiger partial charge in [-0.05, 0) is 19.9 Å². The summed E-state index contributed by atoms with van der Waals surface area (Å²) in [5.74, 6) is -1.13. The van der Waals surface area contributed by atoms with E-state index in [1.54, 1.807) is 6.92 Å². The predicted molar refractivity (Wildman–Crippen MR) is 65.0 cm³/mol. The second kappa shape index (κ2) is 5.01. The third kappa shape index (κ3) is 2.84. The average Bonchev–Trinajstić information content (AvgIpc) is 2.76. The Morgan fingerprint density at radius 1 is 1.37 bits per heavy atom. The molecular formula is C11H13N5O3. The molecule has 0 aromatic carbocycles. The minimum absolute atomic E-state index is 0.119. The Kier molecular flexibility index (Phi) is 3.41. The second-order valence-electron chi connectivity index (χ2n) is 4.15. The molecule has 0 spiro atoms. The number of rotatable bonds is 4. The van der Waals surface area contributed by atoms with Crippen molar-refractivity contribution in [3.63, 3.8) is 0 Å². The van der Waals surface area contributed by atoms with Crippen LogP contribution in [-0.2, 0) is 13.1 Å². The SMILES string of the molecule is Cc1cc(C)n(CCn2cc(C(=O)O)nn2)c(=O)n1. The minimum Gasteiger partial charge on any atom is -0.476 e. The van der Waals surface area contributed by atoms with Crippen LogP contribution in [-0.4, -0.2) is 35.6 Å². The molecule has 2 aromatic heterocycles. The standard InChI is InChI=1S/C11H13N5O3/c1-7-5-8(2)16(11(19)12-7)4-3-15-6-9(10(17)18)13-14-15/h5-6H,3-4H2,1-2H3,(H,17,18). The highest BCUT2D eigenvalue weighted by atomic mass is 16.4. The van der Waals surface area contributed by atoms with Crippen molar-refractivity contribution in [1.29, 1.82) is 0 Å². The molecule has 8 nitrogen and oxygen atoms in total. The lowest BCUT2D eigenvalue weighted by molar-refractivity contribution is 0.0690. The highest BCUT2D eigenvalue weighted by molar-refractivity contribution is 5.84. The van der Waals surface area contributed by atoms with E-state index in [0.717, 1.165) is 5.69 Å². The normalized spacial score (nSPS) is 10.6. The largest absolute Gasteiger partial charge is 0.476 e. The van der Waals surface area contributed by atoms with Crippen molar-refractivity contribution in [3.05, 3.63) is 39.8 Å². The Bertz CT molecular complexity index is 673. The van der Waals surface area contributed by atoms with E-state index in [-0.39, 0.29) is 11.4 Å². The molecule has 0 aliphatic carbocycles. The number of carbonyl (C=O) groups is 1. The topological polar surface area (TPSA) is 103 Å². The van der Waals surface area contributed by atoms with Gasteiger partial charge in [-0.25, -0.2) is 14.3 Å². The lowest BCUT2D eigenvalue weighted by atomic mass is 10.3. The van der Waals surface area contributed by atoms with Crippen LogP contribution in [0.5, 0.6) is 0 Å². The molecule has 19 heavy (non-hydrogen) atoms. The lowest BCUT2D eigenvalue weighted by Gasteiger charge is -2.09. The summed E-state index contributed by atoms with van der Waals surface area (Å²) < 4.78 is 2.89. The molecule has 0 amide bonds. The van der Waals surface area contributed by atoms with Crippen LogP contribution in [0.15, 0.2) is 17.1 Å². The molecule has 0 unspecified atom stereocenters. The van der Waals surface area contributed by atoms with Gasteiger partial charge in [-0.1, -0.05) is 5.21 Å². The third-order valence-electron chi connectivity index (χ3n) is 2.66. The molecule has 0 saturated heterocycles. The van der Waals surface area contributed by atoms with E-state index in [9.17, 15) is 9.59 Å². The fourth-order valence-electron chi connectivity index (χ4n) is 1.75. The Hall–Kier alpha value is -2.51. The Labute approximate surface area is 108 Å². The summed E-state index contributed by atoms with van der Waals surface area (Å²) >= 11 is 0. The molecule has 0 bridgehead atoms. The molecule has 8 heteroatoms. The van der Waals surface area contributed by atoms with E-state index in [2.05, 4.69) is 15.3 Å². The van der Waals surface area contributed by atoms with Crippen molar-refractivity contribution in [1.82, 2.24) is 24.5 Å². The molecular weight excluding hydrogens is 250 g/mol. The van der Waals surface area contributed by atoms with Gasteiger partial charge in [-0.15, -0.1) is 5.10 Å². The third-order valence-corrected chi connectivity index (χ3v) is 2.66. The summed E-state index contributed by atoms with van der Waals surface area (Å²) in [5, 5.41) is 15.9. The van der Waals surface area contributed by atoms with Crippen LogP contribution in [0.3, 0.4) is 0 Å². The summed E-state index contributed by atoms with van der Waals surface area (Å²) in [6, 6.07) is 1.81. The van der Waals surface area contributed by atoms with Crippen LogP contribution in [0.1, 0.15) is 21.9 Å². The van der Waals surface area contributed by atoms with Gasteiger partial charge >= 0.3 is 11.7 Å². The Balaban J connectivity index is 2.14. The van der Waals surface area contributed by atoms with Gasteiger partial charge in [0.1, 0.15) is 0 Å².